The lowest BCUT2D eigenvalue weighted by Gasteiger charge is -2.22. The molecule has 1 aliphatic rings. The average molecular weight is 320 g/mol. The van der Waals surface area contributed by atoms with E-state index in [1.807, 2.05) is 43.5 Å². The van der Waals surface area contributed by atoms with Crippen molar-refractivity contribution in [3.63, 3.8) is 0 Å². The van der Waals surface area contributed by atoms with E-state index < -0.39 is 0 Å². The van der Waals surface area contributed by atoms with E-state index in [0.29, 0.717) is 0 Å². The summed E-state index contributed by atoms with van der Waals surface area (Å²) in [6.07, 6.45) is 6.33. The van der Waals surface area contributed by atoms with E-state index >= 15 is 0 Å². The summed E-state index contributed by atoms with van der Waals surface area (Å²) >= 11 is 1.70. The Labute approximate surface area is 135 Å². The summed E-state index contributed by atoms with van der Waals surface area (Å²) in [5.74, 6) is 1.62. The average Bonchev–Trinajstić information content (AvgIpc) is 2.52. The van der Waals surface area contributed by atoms with E-state index in [0.717, 1.165) is 29.1 Å². The molecule has 0 radical (unpaired) electrons. The van der Waals surface area contributed by atoms with E-state index in [1.165, 1.54) is 0 Å². The molecule has 1 amide bonds. The third kappa shape index (κ3) is 4.35. The zero-order valence-electron chi connectivity index (χ0n) is 12.9. The first kappa shape index (κ1) is 16.6. The number of rotatable bonds is 6. The van der Waals surface area contributed by atoms with Gasteiger partial charge in [-0.15, -0.1) is 0 Å². The number of hydrogen-bond donors (Lipinski definition) is 2. The Balaban J connectivity index is 1.96. The van der Waals surface area contributed by atoms with Gasteiger partial charge < -0.3 is 10.5 Å². The molecular weight excluding hydrogens is 298 g/mol. The van der Waals surface area contributed by atoms with Gasteiger partial charge in [0.25, 0.3) is 5.91 Å². The number of ether oxygens (including phenoxy) is 1. The maximum absolute atomic E-state index is 11.8. The molecule has 2 rings (SSSR count). The molecule has 1 aromatic rings. The lowest BCUT2D eigenvalue weighted by molar-refractivity contribution is -0.403. The molecule has 22 heavy (non-hydrogen) atoms. The first-order valence-corrected chi connectivity index (χ1v) is 8.63. The highest BCUT2D eigenvalue weighted by Gasteiger charge is 2.18. The van der Waals surface area contributed by atoms with Crippen molar-refractivity contribution in [2.45, 2.75) is 25.5 Å². The number of para-hydroxylation sites is 1. The van der Waals surface area contributed by atoms with Crippen molar-refractivity contribution < 1.29 is 15.3 Å². The van der Waals surface area contributed by atoms with Crippen molar-refractivity contribution in [2.75, 3.05) is 12.0 Å². The summed E-state index contributed by atoms with van der Waals surface area (Å²) in [7, 11) is 0. The molecule has 6 heteroatoms. The molecule has 1 heterocycles. The number of carbonyl (C=O) groups excluding carboxylic acids is 1. The van der Waals surface area contributed by atoms with Crippen LogP contribution in [0.2, 0.25) is 0 Å². The highest BCUT2D eigenvalue weighted by atomic mass is 32.2. The molecule has 118 valence electrons. The van der Waals surface area contributed by atoms with Gasteiger partial charge in [-0.3, -0.25) is 4.79 Å². The molecule has 1 aliphatic heterocycles. The van der Waals surface area contributed by atoms with Gasteiger partial charge in [-0.2, -0.15) is 16.9 Å². The van der Waals surface area contributed by atoms with Crippen LogP contribution in [0.4, 0.5) is 0 Å². The van der Waals surface area contributed by atoms with Crippen molar-refractivity contribution >= 4 is 30.0 Å². The third-order valence-electron chi connectivity index (χ3n) is 3.44. The number of carbonyl (C=O) groups is 1. The van der Waals surface area contributed by atoms with E-state index in [2.05, 4.69) is 16.3 Å². The summed E-state index contributed by atoms with van der Waals surface area (Å²) in [6, 6.07) is 7.56. The van der Waals surface area contributed by atoms with Gasteiger partial charge in [0.05, 0.1) is 6.21 Å². The Hall–Kier alpha value is -1.79. The molecule has 0 saturated heterocycles. The second-order valence-corrected chi connectivity index (χ2v) is 6.14. The van der Waals surface area contributed by atoms with Crippen LogP contribution in [-0.4, -0.2) is 36.3 Å². The van der Waals surface area contributed by atoms with Gasteiger partial charge in [-0.25, -0.2) is 5.43 Å². The summed E-state index contributed by atoms with van der Waals surface area (Å²) in [5, 5.41) is 4.03. The number of thioether (sulfide) groups is 1. The number of fused-ring (bicyclic) bond motifs is 1. The molecular formula is C16H22N3O2S+. The van der Waals surface area contributed by atoms with E-state index in [-0.39, 0.29) is 18.1 Å². The number of hydrogen-bond acceptors (Lipinski definition) is 4. The summed E-state index contributed by atoms with van der Waals surface area (Å²) < 4.78 is 5.82. The van der Waals surface area contributed by atoms with E-state index in [1.54, 1.807) is 18.0 Å². The fourth-order valence-corrected chi connectivity index (χ4v) is 2.58. The first-order valence-electron chi connectivity index (χ1n) is 7.24. The van der Waals surface area contributed by atoms with Gasteiger partial charge in [-0.05, 0) is 31.1 Å². The van der Waals surface area contributed by atoms with Crippen LogP contribution < -0.4 is 15.9 Å². The standard InChI is InChI=1S/C16H21N3O2S/c1-11-13(9-12-5-3-4-6-15(12)21-11)10-18-19-16(20)14(17)7-8-22-2/h3-6,9-11,14H,7-8,17H2,1-2H3,(H,19,20)/p+1/b18-10-/t11-,14+/m0/s1. The molecule has 0 aliphatic carbocycles. The van der Waals surface area contributed by atoms with Gasteiger partial charge in [0.1, 0.15) is 11.9 Å². The SMILES string of the molecule is CSCC[C@@H]([NH3+])C(=O)N/N=C\C1=Cc2ccccc2O[C@H]1C. The van der Waals surface area contributed by atoms with Gasteiger partial charge in [-0.1, -0.05) is 18.2 Å². The summed E-state index contributed by atoms with van der Waals surface area (Å²) in [6.45, 7) is 1.96. The first-order chi connectivity index (χ1) is 10.6. The Kier molecular flexibility index (Phi) is 6.03. The number of nitrogens with one attached hydrogen (secondary N) is 1. The molecule has 2 atom stereocenters. The fourth-order valence-electron chi connectivity index (χ4n) is 2.06. The minimum absolute atomic E-state index is 0.0948. The number of benzene rings is 1. The Morgan fingerprint density at radius 3 is 3.09 bits per heavy atom. The molecule has 0 aromatic heterocycles. The summed E-state index contributed by atoms with van der Waals surface area (Å²) in [4.78, 5) is 11.8. The number of nitrogens with zero attached hydrogens (tertiary/aromatic N) is 1. The van der Waals surface area contributed by atoms with Crippen molar-refractivity contribution in [3.8, 4) is 5.75 Å². The maximum atomic E-state index is 11.8. The Morgan fingerprint density at radius 2 is 2.32 bits per heavy atom. The monoisotopic (exact) mass is 320 g/mol. The lowest BCUT2D eigenvalue weighted by atomic mass is 10.0. The summed E-state index contributed by atoms with van der Waals surface area (Å²) in [5.41, 5.74) is 8.33. The van der Waals surface area contributed by atoms with Crippen molar-refractivity contribution in [1.29, 1.82) is 0 Å². The van der Waals surface area contributed by atoms with Gasteiger partial charge in [0.15, 0.2) is 6.04 Å². The van der Waals surface area contributed by atoms with Crippen molar-refractivity contribution in [3.05, 3.63) is 35.4 Å². The van der Waals surface area contributed by atoms with Crippen LogP contribution in [0, 0.1) is 0 Å². The highest BCUT2D eigenvalue weighted by molar-refractivity contribution is 7.98. The second-order valence-electron chi connectivity index (χ2n) is 5.15. The van der Waals surface area contributed by atoms with Crippen LogP contribution in [0.3, 0.4) is 0 Å². The van der Waals surface area contributed by atoms with Gasteiger partial charge in [0, 0.05) is 17.6 Å². The predicted molar refractivity (Wildman–Crippen MR) is 90.8 cm³/mol. The maximum Gasteiger partial charge on any atom is 0.298 e. The zero-order chi connectivity index (χ0) is 15.9. The minimum Gasteiger partial charge on any atom is -0.485 e. The van der Waals surface area contributed by atoms with Crippen LogP contribution in [0.1, 0.15) is 18.9 Å². The Morgan fingerprint density at radius 1 is 1.55 bits per heavy atom. The number of quaternary nitrogens is 1. The Bertz CT molecular complexity index is 587. The highest BCUT2D eigenvalue weighted by Crippen LogP contribution is 2.28. The molecule has 0 unspecified atom stereocenters. The van der Waals surface area contributed by atoms with Crippen LogP contribution in [0.25, 0.3) is 6.08 Å². The van der Waals surface area contributed by atoms with Crippen molar-refractivity contribution in [1.82, 2.24) is 5.43 Å². The normalized spacial score (nSPS) is 18.3. The van der Waals surface area contributed by atoms with Crippen LogP contribution in [0.5, 0.6) is 5.75 Å². The van der Waals surface area contributed by atoms with Gasteiger partial charge in [0.2, 0.25) is 0 Å². The van der Waals surface area contributed by atoms with E-state index in [4.69, 9.17) is 4.74 Å². The second kappa shape index (κ2) is 8.00. The molecule has 1 aromatic carbocycles. The molecule has 0 saturated carbocycles. The quantitative estimate of drug-likeness (QED) is 0.613. The van der Waals surface area contributed by atoms with E-state index in [9.17, 15) is 4.79 Å². The smallest absolute Gasteiger partial charge is 0.298 e. The molecule has 0 bridgehead atoms. The molecule has 4 N–H and O–H groups in total. The van der Waals surface area contributed by atoms with Crippen LogP contribution in [-0.2, 0) is 4.79 Å². The number of hydrazone groups is 1. The van der Waals surface area contributed by atoms with Crippen LogP contribution >= 0.6 is 11.8 Å². The topological polar surface area (TPSA) is 78.3 Å². The molecule has 5 nitrogen and oxygen atoms in total. The number of amides is 1. The van der Waals surface area contributed by atoms with Gasteiger partial charge >= 0.3 is 0 Å². The third-order valence-corrected chi connectivity index (χ3v) is 4.09. The molecule has 0 fully saturated rings. The predicted octanol–water partition coefficient (Wildman–Crippen LogP) is 1.32. The lowest BCUT2D eigenvalue weighted by Crippen LogP contribution is -2.67. The fraction of sp³-hybridized carbons (Fsp3) is 0.375. The van der Waals surface area contributed by atoms with Crippen molar-refractivity contribution in [2.24, 2.45) is 5.10 Å². The zero-order valence-corrected chi connectivity index (χ0v) is 13.7. The molecule has 0 spiro atoms. The minimum atomic E-state index is -0.278. The largest absolute Gasteiger partial charge is 0.485 e. The van der Waals surface area contributed by atoms with Crippen LogP contribution in [0.15, 0.2) is 34.9 Å².